The van der Waals surface area contributed by atoms with E-state index in [9.17, 15) is 9.18 Å². The number of ether oxygens (including phenoxy) is 2. The van der Waals surface area contributed by atoms with Crippen LogP contribution in [0.5, 0.6) is 11.5 Å². The first-order chi connectivity index (χ1) is 13.7. The van der Waals surface area contributed by atoms with Gasteiger partial charge in [0.05, 0.1) is 0 Å². The van der Waals surface area contributed by atoms with Gasteiger partial charge in [-0.1, -0.05) is 12.1 Å². The van der Waals surface area contributed by atoms with Crippen molar-refractivity contribution in [1.82, 2.24) is 4.90 Å². The number of aryl methyl sites for hydroxylation is 1. The highest BCUT2D eigenvalue weighted by molar-refractivity contribution is 5.96. The number of carbonyl (C=O) groups excluding carboxylic acids is 1. The summed E-state index contributed by atoms with van der Waals surface area (Å²) in [6, 6.07) is 12.0. The minimum Gasteiger partial charge on any atom is -0.486 e. The molecule has 1 atom stereocenters. The lowest BCUT2D eigenvalue weighted by Gasteiger charge is -2.21. The van der Waals surface area contributed by atoms with E-state index in [-0.39, 0.29) is 11.6 Å². The number of fused-ring (bicyclic) bond motifs is 1. The fourth-order valence-electron chi connectivity index (χ4n) is 4.12. The zero-order chi connectivity index (χ0) is 19.3. The summed E-state index contributed by atoms with van der Waals surface area (Å²) < 4.78 is 24.4. The summed E-state index contributed by atoms with van der Waals surface area (Å²) in [7, 11) is 0. The molecule has 4 nitrogen and oxygen atoms in total. The van der Waals surface area contributed by atoms with Crippen LogP contribution in [0.4, 0.5) is 4.39 Å². The van der Waals surface area contributed by atoms with E-state index in [1.807, 2.05) is 12.1 Å². The van der Waals surface area contributed by atoms with Gasteiger partial charge < -0.3 is 14.4 Å². The largest absolute Gasteiger partial charge is 0.486 e. The summed E-state index contributed by atoms with van der Waals surface area (Å²) in [6.07, 6.45) is 3.60. The van der Waals surface area contributed by atoms with Gasteiger partial charge in [0, 0.05) is 18.5 Å². The third-order valence-electron chi connectivity index (χ3n) is 5.58. The molecule has 0 aliphatic carbocycles. The smallest absolute Gasteiger partial charge is 0.164 e. The minimum atomic E-state index is -0.305. The Kier molecular flexibility index (Phi) is 5.91. The van der Waals surface area contributed by atoms with E-state index in [1.54, 1.807) is 12.1 Å². The number of rotatable bonds is 7. The van der Waals surface area contributed by atoms with Crippen molar-refractivity contribution in [2.45, 2.75) is 25.7 Å². The number of Topliss-reactive ketones (excluding diaryl/α,β-unsaturated/α-hetero) is 1. The van der Waals surface area contributed by atoms with E-state index in [0.29, 0.717) is 31.1 Å². The Balaban J connectivity index is 1.23. The average Bonchev–Trinajstić information content (AvgIpc) is 3.16. The van der Waals surface area contributed by atoms with Gasteiger partial charge in [-0.05, 0) is 74.2 Å². The van der Waals surface area contributed by atoms with Crippen LogP contribution in [-0.2, 0) is 6.42 Å². The first kappa shape index (κ1) is 18.9. The summed E-state index contributed by atoms with van der Waals surface area (Å²) >= 11 is 0. The predicted molar refractivity (Wildman–Crippen MR) is 106 cm³/mol. The Labute approximate surface area is 165 Å². The lowest BCUT2D eigenvalue weighted by Crippen LogP contribution is -2.23. The summed E-state index contributed by atoms with van der Waals surface area (Å²) in [5, 5.41) is 0. The summed E-state index contributed by atoms with van der Waals surface area (Å²) in [5.74, 6) is 1.95. The Morgan fingerprint density at radius 3 is 2.79 bits per heavy atom. The second-order valence-corrected chi connectivity index (χ2v) is 7.63. The Hall–Kier alpha value is -2.40. The third-order valence-corrected chi connectivity index (χ3v) is 5.58. The Bertz CT molecular complexity index is 821. The molecule has 0 spiro atoms. The highest BCUT2D eigenvalue weighted by Crippen LogP contribution is 2.34. The zero-order valence-corrected chi connectivity index (χ0v) is 16.0. The van der Waals surface area contributed by atoms with Crippen LogP contribution >= 0.6 is 0 Å². The topological polar surface area (TPSA) is 38.8 Å². The number of hydrogen-bond acceptors (Lipinski definition) is 4. The van der Waals surface area contributed by atoms with Gasteiger partial charge >= 0.3 is 0 Å². The lowest BCUT2D eigenvalue weighted by atomic mass is 9.97. The molecule has 1 unspecified atom stereocenters. The van der Waals surface area contributed by atoms with Crippen LogP contribution in [0.15, 0.2) is 42.5 Å². The van der Waals surface area contributed by atoms with Gasteiger partial charge in [0.2, 0.25) is 0 Å². The van der Waals surface area contributed by atoms with Crippen LogP contribution in [0.1, 0.15) is 35.2 Å². The molecule has 0 aromatic heterocycles. The summed E-state index contributed by atoms with van der Waals surface area (Å²) in [4.78, 5) is 14.8. The van der Waals surface area contributed by atoms with Gasteiger partial charge in [-0.25, -0.2) is 4.39 Å². The lowest BCUT2D eigenvalue weighted by molar-refractivity contribution is 0.0962. The molecule has 0 bridgehead atoms. The van der Waals surface area contributed by atoms with Crippen LogP contribution in [0.3, 0.4) is 0 Å². The number of halogens is 1. The van der Waals surface area contributed by atoms with Crippen LogP contribution in [0.25, 0.3) is 0 Å². The standard InChI is InChI=1S/C23H26FNO3/c24-20-8-6-18(7-9-20)21(26)15-17-10-12-25(16-17)11-2-4-19-3-1-5-22-23(19)28-14-13-27-22/h1,3,5-9,17H,2,4,10-16H2. The summed E-state index contributed by atoms with van der Waals surface area (Å²) in [6.45, 7) is 4.24. The van der Waals surface area contributed by atoms with Crippen molar-refractivity contribution in [1.29, 1.82) is 0 Å². The number of carbonyl (C=O) groups is 1. The van der Waals surface area contributed by atoms with Crippen molar-refractivity contribution < 1.29 is 18.7 Å². The number of hydrogen-bond donors (Lipinski definition) is 0. The van der Waals surface area contributed by atoms with E-state index >= 15 is 0 Å². The second-order valence-electron chi connectivity index (χ2n) is 7.63. The van der Waals surface area contributed by atoms with E-state index in [4.69, 9.17) is 9.47 Å². The van der Waals surface area contributed by atoms with Gasteiger partial charge in [-0.3, -0.25) is 4.79 Å². The molecular weight excluding hydrogens is 357 g/mol. The molecule has 2 aliphatic heterocycles. The van der Waals surface area contributed by atoms with Gasteiger partial charge in [0.25, 0.3) is 0 Å². The van der Waals surface area contributed by atoms with Gasteiger partial charge in [-0.2, -0.15) is 0 Å². The number of nitrogens with zero attached hydrogens (tertiary/aromatic N) is 1. The van der Waals surface area contributed by atoms with Crippen molar-refractivity contribution in [3.8, 4) is 11.5 Å². The molecule has 1 fully saturated rings. The molecule has 4 rings (SSSR count). The molecule has 0 N–H and O–H groups in total. The van der Waals surface area contributed by atoms with E-state index in [0.717, 1.165) is 50.4 Å². The third kappa shape index (κ3) is 4.53. The Morgan fingerprint density at radius 2 is 1.93 bits per heavy atom. The monoisotopic (exact) mass is 383 g/mol. The van der Waals surface area contributed by atoms with E-state index < -0.39 is 0 Å². The molecule has 2 aromatic rings. The van der Waals surface area contributed by atoms with Crippen molar-refractivity contribution >= 4 is 5.78 Å². The zero-order valence-electron chi connectivity index (χ0n) is 16.0. The number of likely N-dealkylation sites (tertiary alicyclic amines) is 1. The van der Waals surface area contributed by atoms with Crippen molar-refractivity contribution in [2.75, 3.05) is 32.8 Å². The highest BCUT2D eigenvalue weighted by Gasteiger charge is 2.25. The fraction of sp³-hybridized carbons (Fsp3) is 0.435. The Morgan fingerprint density at radius 1 is 1.11 bits per heavy atom. The number of benzene rings is 2. The molecule has 28 heavy (non-hydrogen) atoms. The molecule has 2 aromatic carbocycles. The fourth-order valence-corrected chi connectivity index (χ4v) is 4.12. The molecular formula is C23H26FNO3. The maximum atomic E-state index is 13.0. The van der Waals surface area contributed by atoms with Crippen LogP contribution < -0.4 is 9.47 Å². The van der Waals surface area contributed by atoms with Gasteiger partial charge in [0.1, 0.15) is 19.0 Å². The second kappa shape index (κ2) is 8.74. The first-order valence-electron chi connectivity index (χ1n) is 10.1. The quantitative estimate of drug-likeness (QED) is 0.674. The number of para-hydroxylation sites is 1. The van der Waals surface area contributed by atoms with Gasteiger partial charge in [0.15, 0.2) is 17.3 Å². The van der Waals surface area contributed by atoms with E-state index in [1.165, 1.54) is 17.7 Å². The molecule has 5 heteroatoms. The predicted octanol–water partition coefficient (Wildman–Crippen LogP) is 4.12. The molecule has 0 radical (unpaired) electrons. The maximum Gasteiger partial charge on any atom is 0.164 e. The molecule has 2 aliphatic rings. The molecule has 0 amide bonds. The highest BCUT2D eigenvalue weighted by atomic mass is 19.1. The van der Waals surface area contributed by atoms with Crippen LogP contribution in [0, 0.1) is 11.7 Å². The van der Waals surface area contributed by atoms with Crippen molar-refractivity contribution in [2.24, 2.45) is 5.92 Å². The van der Waals surface area contributed by atoms with Crippen LogP contribution in [-0.4, -0.2) is 43.5 Å². The van der Waals surface area contributed by atoms with Gasteiger partial charge in [-0.15, -0.1) is 0 Å². The molecule has 1 saturated heterocycles. The van der Waals surface area contributed by atoms with E-state index in [2.05, 4.69) is 11.0 Å². The summed E-state index contributed by atoms with van der Waals surface area (Å²) in [5.41, 5.74) is 1.82. The van der Waals surface area contributed by atoms with Crippen LogP contribution in [0.2, 0.25) is 0 Å². The molecule has 2 heterocycles. The molecule has 148 valence electrons. The average molecular weight is 383 g/mol. The first-order valence-corrected chi connectivity index (χ1v) is 10.1. The SMILES string of the molecule is O=C(CC1CCN(CCCc2cccc3c2OCCO3)C1)c1ccc(F)cc1. The number of ketones is 1. The maximum absolute atomic E-state index is 13.0. The molecule has 0 saturated carbocycles. The normalized spacial score (nSPS) is 19.0. The van der Waals surface area contributed by atoms with Crippen molar-refractivity contribution in [3.63, 3.8) is 0 Å². The van der Waals surface area contributed by atoms with Crippen molar-refractivity contribution in [3.05, 3.63) is 59.4 Å². The minimum absolute atomic E-state index is 0.111.